The van der Waals surface area contributed by atoms with E-state index in [4.69, 9.17) is 0 Å². The van der Waals surface area contributed by atoms with Gasteiger partial charge < -0.3 is 10.2 Å². The Morgan fingerprint density at radius 3 is 2.11 bits per heavy atom. The predicted octanol–water partition coefficient (Wildman–Crippen LogP) is 2.46. The largest absolute Gasteiger partial charge is 0.337 e. The van der Waals surface area contributed by atoms with Crippen molar-refractivity contribution in [1.82, 2.24) is 15.1 Å². The van der Waals surface area contributed by atoms with Gasteiger partial charge in [0.2, 0.25) is 0 Å². The molecule has 1 unspecified atom stereocenters. The molecule has 1 fully saturated rings. The normalized spacial score (nSPS) is 16.1. The molecule has 6 heteroatoms. The lowest BCUT2D eigenvalue weighted by Gasteiger charge is -2.34. The first-order valence-electron chi connectivity index (χ1n) is 9.38. The standard InChI is InChI=1S/C21H27N3O2S/c25-21(22-11-16-27(26)18-20-9-5-2-6-10-20)24-14-12-23(13-15-24)17-19-7-3-1-4-8-19/h1-10H,11-18H2,(H,22,25). The third kappa shape index (κ3) is 6.48. The minimum atomic E-state index is -0.962. The van der Waals surface area contributed by atoms with Gasteiger partial charge in [-0.2, -0.15) is 0 Å². The maximum absolute atomic E-state index is 12.3. The number of carbonyl (C=O) groups is 1. The number of carbonyl (C=O) groups excluding carboxylic acids is 1. The summed E-state index contributed by atoms with van der Waals surface area (Å²) in [5.74, 6) is 1.02. The average Bonchev–Trinajstić information content (AvgIpc) is 2.70. The lowest BCUT2D eigenvalue weighted by molar-refractivity contribution is 0.135. The van der Waals surface area contributed by atoms with Crippen LogP contribution in [0.15, 0.2) is 60.7 Å². The Morgan fingerprint density at radius 2 is 1.48 bits per heavy atom. The molecule has 144 valence electrons. The van der Waals surface area contributed by atoms with Crippen LogP contribution in [0.3, 0.4) is 0 Å². The van der Waals surface area contributed by atoms with Crippen molar-refractivity contribution in [3.8, 4) is 0 Å². The highest BCUT2D eigenvalue weighted by Crippen LogP contribution is 2.08. The van der Waals surface area contributed by atoms with Gasteiger partial charge >= 0.3 is 6.03 Å². The predicted molar refractivity (Wildman–Crippen MR) is 110 cm³/mol. The van der Waals surface area contributed by atoms with Gasteiger partial charge in [-0.1, -0.05) is 60.7 Å². The summed E-state index contributed by atoms with van der Waals surface area (Å²) in [6, 6.07) is 20.2. The fourth-order valence-corrected chi connectivity index (χ4v) is 4.20. The van der Waals surface area contributed by atoms with Crippen molar-refractivity contribution in [2.24, 2.45) is 0 Å². The third-order valence-corrected chi connectivity index (χ3v) is 6.00. The molecule has 1 saturated heterocycles. The first-order valence-corrected chi connectivity index (χ1v) is 10.9. The molecule has 1 aliphatic rings. The van der Waals surface area contributed by atoms with E-state index in [9.17, 15) is 9.00 Å². The van der Waals surface area contributed by atoms with E-state index in [1.54, 1.807) is 0 Å². The Kier molecular flexibility index (Phi) is 7.42. The molecule has 2 amide bonds. The molecule has 2 aromatic carbocycles. The zero-order valence-electron chi connectivity index (χ0n) is 15.5. The van der Waals surface area contributed by atoms with Gasteiger partial charge in [-0.15, -0.1) is 0 Å². The second kappa shape index (κ2) is 10.2. The Bertz CT molecular complexity index is 732. The zero-order chi connectivity index (χ0) is 18.9. The third-order valence-electron chi connectivity index (χ3n) is 4.68. The van der Waals surface area contributed by atoms with Crippen LogP contribution in [0.2, 0.25) is 0 Å². The van der Waals surface area contributed by atoms with E-state index in [0.29, 0.717) is 18.1 Å². The molecule has 1 N–H and O–H groups in total. The van der Waals surface area contributed by atoms with E-state index < -0.39 is 10.8 Å². The molecule has 1 heterocycles. The van der Waals surface area contributed by atoms with Crippen molar-refractivity contribution in [3.63, 3.8) is 0 Å². The smallest absolute Gasteiger partial charge is 0.317 e. The van der Waals surface area contributed by atoms with Gasteiger partial charge in [-0.05, 0) is 11.1 Å². The monoisotopic (exact) mass is 385 g/mol. The number of rotatable bonds is 7. The van der Waals surface area contributed by atoms with Crippen LogP contribution in [0.1, 0.15) is 11.1 Å². The first kappa shape index (κ1) is 19.6. The molecule has 0 radical (unpaired) electrons. The number of nitrogens with one attached hydrogen (secondary N) is 1. The van der Waals surface area contributed by atoms with Gasteiger partial charge in [-0.25, -0.2) is 4.79 Å². The Balaban J connectivity index is 1.33. The van der Waals surface area contributed by atoms with Crippen LogP contribution >= 0.6 is 0 Å². The highest BCUT2D eigenvalue weighted by Gasteiger charge is 2.20. The topological polar surface area (TPSA) is 52.7 Å². The molecular weight excluding hydrogens is 358 g/mol. The van der Waals surface area contributed by atoms with Crippen LogP contribution in [0.4, 0.5) is 4.79 Å². The van der Waals surface area contributed by atoms with E-state index in [1.807, 2.05) is 41.3 Å². The quantitative estimate of drug-likeness (QED) is 0.797. The molecule has 0 bridgehead atoms. The number of amides is 2. The van der Waals surface area contributed by atoms with Crippen molar-refractivity contribution in [2.75, 3.05) is 38.5 Å². The van der Waals surface area contributed by atoms with E-state index in [0.717, 1.165) is 38.3 Å². The van der Waals surface area contributed by atoms with Gasteiger partial charge in [0.25, 0.3) is 0 Å². The number of hydrogen-bond donors (Lipinski definition) is 1. The maximum atomic E-state index is 12.3. The van der Waals surface area contributed by atoms with E-state index >= 15 is 0 Å². The van der Waals surface area contributed by atoms with Crippen molar-refractivity contribution in [1.29, 1.82) is 0 Å². The van der Waals surface area contributed by atoms with Gasteiger partial charge in [0.15, 0.2) is 0 Å². The summed E-state index contributed by atoms with van der Waals surface area (Å²) >= 11 is 0. The molecule has 1 aliphatic heterocycles. The highest BCUT2D eigenvalue weighted by atomic mass is 32.2. The second-order valence-corrected chi connectivity index (χ2v) is 8.33. The molecular formula is C21H27N3O2S. The van der Waals surface area contributed by atoms with Gasteiger partial charge in [-0.3, -0.25) is 9.11 Å². The summed E-state index contributed by atoms with van der Waals surface area (Å²) in [7, 11) is -0.962. The molecule has 5 nitrogen and oxygen atoms in total. The number of hydrogen-bond acceptors (Lipinski definition) is 3. The summed E-state index contributed by atoms with van der Waals surface area (Å²) in [5.41, 5.74) is 2.37. The molecule has 27 heavy (non-hydrogen) atoms. The lowest BCUT2D eigenvalue weighted by atomic mass is 10.2. The fraction of sp³-hybridized carbons (Fsp3) is 0.381. The van der Waals surface area contributed by atoms with Crippen LogP contribution in [0.25, 0.3) is 0 Å². The maximum Gasteiger partial charge on any atom is 0.317 e. The molecule has 0 aromatic heterocycles. The molecule has 0 saturated carbocycles. The summed E-state index contributed by atoms with van der Waals surface area (Å²) in [5, 5.41) is 2.91. The van der Waals surface area contributed by atoms with Crippen molar-refractivity contribution in [3.05, 3.63) is 71.8 Å². The highest BCUT2D eigenvalue weighted by molar-refractivity contribution is 7.84. The number of urea groups is 1. The minimum absolute atomic E-state index is 0.0499. The molecule has 2 aromatic rings. The van der Waals surface area contributed by atoms with Crippen molar-refractivity contribution in [2.45, 2.75) is 12.3 Å². The van der Waals surface area contributed by atoms with Crippen LogP contribution in [0, 0.1) is 0 Å². The van der Waals surface area contributed by atoms with Gasteiger partial charge in [0, 0.05) is 61.6 Å². The van der Waals surface area contributed by atoms with Crippen molar-refractivity contribution >= 4 is 16.8 Å². The fourth-order valence-electron chi connectivity index (χ4n) is 3.17. The number of piperazine rings is 1. The van der Waals surface area contributed by atoms with Gasteiger partial charge in [0.05, 0.1) is 0 Å². The Labute approximate surface area is 163 Å². The van der Waals surface area contributed by atoms with Crippen LogP contribution in [-0.2, 0) is 23.1 Å². The summed E-state index contributed by atoms with van der Waals surface area (Å²) in [6.07, 6.45) is 0. The molecule has 0 aliphatic carbocycles. The average molecular weight is 386 g/mol. The number of nitrogens with zero attached hydrogens (tertiary/aromatic N) is 2. The Morgan fingerprint density at radius 1 is 0.889 bits per heavy atom. The van der Waals surface area contributed by atoms with Gasteiger partial charge in [0.1, 0.15) is 0 Å². The second-order valence-electron chi connectivity index (χ2n) is 6.75. The van der Waals surface area contributed by atoms with Crippen LogP contribution in [-0.4, -0.2) is 58.5 Å². The summed E-state index contributed by atoms with van der Waals surface area (Å²) in [4.78, 5) is 16.5. The van der Waals surface area contributed by atoms with E-state index in [-0.39, 0.29) is 6.03 Å². The van der Waals surface area contributed by atoms with E-state index in [1.165, 1.54) is 5.56 Å². The van der Waals surface area contributed by atoms with E-state index in [2.05, 4.69) is 34.5 Å². The molecule has 1 atom stereocenters. The molecule has 0 spiro atoms. The SMILES string of the molecule is O=C(NCCS(=O)Cc1ccccc1)N1CCN(Cc2ccccc2)CC1. The zero-order valence-corrected chi connectivity index (χ0v) is 16.4. The van der Waals surface area contributed by atoms with Crippen molar-refractivity contribution < 1.29 is 9.00 Å². The minimum Gasteiger partial charge on any atom is -0.337 e. The van der Waals surface area contributed by atoms with Crippen LogP contribution < -0.4 is 5.32 Å². The lowest BCUT2D eigenvalue weighted by Crippen LogP contribution is -2.51. The molecule has 3 rings (SSSR count). The number of benzene rings is 2. The first-order chi connectivity index (χ1) is 13.2. The Hall–Kier alpha value is -2.18. The summed E-state index contributed by atoms with van der Waals surface area (Å²) < 4.78 is 12.1. The van der Waals surface area contributed by atoms with Crippen LogP contribution in [0.5, 0.6) is 0 Å². The summed E-state index contributed by atoms with van der Waals surface area (Å²) in [6.45, 7) is 4.58.